The van der Waals surface area contributed by atoms with E-state index < -0.39 is 29.3 Å². The van der Waals surface area contributed by atoms with Crippen LogP contribution in [0.4, 0.5) is 18.9 Å². The van der Waals surface area contributed by atoms with E-state index in [-0.39, 0.29) is 12.2 Å². The average Bonchev–Trinajstić information content (AvgIpc) is 2.24. The maximum Gasteiger partial charge on any atom is 0.308 e. The molecule has 0 saturated heterocycles. The minimum atomic E-state index is -1.58. The van der Waals surface area contributed by atoms with Gasteiger partial charge in [0.2, 0.25) is 0 Å². The van der Waals surface area contributed by atoms with E-state index in [9.17, 15) is 18.0 Å². The first-order valence-electron chi connectivity index (χ1n) is 4.53. The van der Waals surface area contributed by atoms with Crippen molar-refractivity contribution in [1.29, 1.82) is 0 Å². The highest BCUT2D eigenvalue weighted by Gasteiger charge is 2.15. The van der Waals surface area contributed by atoms with Gasteiger partial charge < -0.3 is 10.4 Å². The van der Waals surface area contributed by atoms with E-state index in [1.54, 1.807) is 0 Å². The number of aliphatic carboxylic acids is 1. The summed E-state index contributed by atoms with van der Waals surface area (Å²) in [7, 11) is 0. The van der Waals surface area contributed by atoms with Crippen LogP contribution in [-0.4, -0.2) is 17.6 Å². The molecule has 1 aromatic rings. The normalized spacial score (nSPS) is 12.2. The van der Waals surface area contributed by atoms with Crippen molar-refractivity contribution in [3.05, 3.63) is 29.6 Å². The monoisotopic (exact) mass is 233 g/mol. The molecule has 0 aliphatic carbocycles. The van der Waals surface area contributed by atoms with E-state index in [4.69, 9.17) is 5.11 Å². The number of halogens is 3. The van der Waals surface area contributed by atoms with Crippen molar-refractivity contribution in [3.63, 3.8) is 0 Å². The second kappa shape index (κ2) is 4.87. The molecule has 88 valence electrons. The van der Waals surface area contributed by atoms with Crippen LogP contribution >= 0.6 is 0 Å². The molecule has 1 atom stereocenters. The van der Waals surface area contributed by atoms with E-state index in [0.717, 1.165) is 12.1 Å². The minimum absolute atomic E-state index is 0.0721. The predicted molar refractivity (Wildman–Crippen MR) is 51.6 cm³/mol. The largest absolute Gasteiger partial charge is 0.481 e. The summed E-state index contributed by atoms with van der Waals surface area (Å²) in [5.41, 5.74) is -0.257. The third-order valence-corrected chi connectivity index (χ3v) is 2.06. The molecule has 0 saturated carbocycles. The van der Waals surface area contributed by atoms with Gasteiger partial charge >= 0.3 is 5.97 Å². The maximum atomic E-state index is 13.1. The van der Waals surface area contributed by atoms with Crippen LogP contribution in [0.2, 0.25) is 0 Å². The Balaban J connectivity index is 2.75. The molecule has 0 aromatic heterocycles. The zero-order chi connectivity index (χ0) is 12.3. The molecule has 0 radical (unpaired) electrons. The first kappa shape index (κ1) is 12.4. The minimum Gasteiger partial charge on any atom is -0.481 e. The number of benzene rings is 1. The Morgan fingerprint density at radius 2 is 2.00 bits per heavy atom. The first-order chi connectivity index (χ1) is 7.43. The van der Waals surface area contributed by atoms with Gasteiger partial charge in [0.05, 0.1) is 11.6 Å². The summed E-state index contributed by atoms with van der Waals surface area (Å²) in [5, 5.41) is 11.0. The lowest BCUT2D eigenvalue weighted by molar-refractivity contribution is -0.140. The Kier molecular flexibility index (Phi) is 3.76. The topological polar surface area (TPSA) is 49.3 Å². The smallest absolute Gasteiger partial charge is 0.308 e. The zero-order valence-corrected chi connectivity index (χ0v) is 8.43. The molecule has 1 rings (SSSR count). The van der Waals surface area contributed by atoms with E-state index in [2.05, 4.69) is 5.32 Å². The number of anilines is 1. The molecule has 3 nitrogen and oxygen atoms in total. The van der Waals surface area contributed by atoms with Gasteiger partial charge in [-0.05, 0) is 12.1 Å². The fraction of sp³-hybridized carbons (Fsp3) is 0.300. The molecule has 0 aliphatic heterocycles. The lowest BCUT2D eigenvalue weighted by Crippen LogP contribution is -2.20. The average molecular weight is 233 g/mol. The van der Waals surface area contributed by atoms with E-state index in [0.29, 0.717) is 0 Å². The lowest BCUT2D eigenvalue weighted by Gasteiger charge is -2.10. The van der Waals surface area contributed by atoms with Crippen LogP contribution in [0.25, 0.3) is 0 Å². The molecular weight excluding hydrogens is 223 g/mol. The molecule has 6 heteroatoms. The number of carbonyl (C=O) groups is 1. The van der Waals surface area contributed by atoms with Crippen molar-refractivity contribution in [2.75, 3.05) is 11.9 Å². The molecule has 0 aliphatic rings. The molecule has 1 unspecified atom stereocenters. The van der Waals surface area contributed by atoms with Crippen molar-refractivity contribution >= 4 is 11.7 Å². The SMILES string of the molecule is CC(CNc1ccc(F)c(F)c1F)C(=O)O. The molecule has 0 fully saturated rings. The van der Waals surface area contributed by atoms with Crippen LogP contribution in [0.15, 0.2) is 12.1 Å². The molecule has 0 spiro atoms. The van der Waals surface area contributed by atoms with Crippen molar-refractivity contribution in [2.24, 2.45) is 5.92 Å². The van der Waals surface area contributed by atoms with Crippen molar-refractivity contribution < 1.29 is 23.1 Å². The van der Waals surface area contributed by atoms with Gasteiger partial charge in [-0.1, -0.05) is 6.92 Å². The van der Waals surface area contributed by atoms with Gasteiger partial charge in [0, 0.05) is 6.54 Å². The third-order valence-electron chi connectivity index (χ3n) is 2.06. The van der Waals surface area contributed by atoms with Gasteiger partial charge in [-0.3, -0.25) is 4.79 Å². The Hall–Kier alpha value is -1.72. The highest BCUT2D eigenvalue weighted by atomic mass is 19.2. The van der Waals surface area contributed by atoms with Gasteiger partial charge in [-0.25, -0.2) is 13.2 Å². The standard InChI is InChI=1S/C10H10F3NO2/c1-5(10(15)16)4-14-7-3-2-6(11)8(12)9(7)13/h2-3,5,14H,4H2,1H3,(H,15,16). The first-order valence-corrected chi connectivity index (χ1v) is 4.53. The summed E-state index contributed by atoms with van der Waals surface area (Å²) in [6.07, 6.45) is 0. The summed E-state index contributed by atoms with van der Waals surface area (Å²) in [6.45, 7) is 1.34. The number of nitrogens with one attached hydrogen (secondary N) is 1. The van der Waals surface area contributed by atoms with E-state index in [1.807, 2.05) is 0 Å². The van der Waals surface area contributed by atoms with Crippen molar-refractivity contribution in [2.45, 2.75) is 6.92 Å². The van der Waals surface area contributed by atoms with Gasteiger partial charge in [0.25, 0.3) is 0 Å². The maximum absolute atomic E-state index is 13.1. The zero-order valence-electron chi connectivity index (χ0n) is 8.43. The highest BCUT2D eigenvalue weighted by Crippen LogP contribution is 2.19. The second-order valence-electron chi connectivity index (χ2n) is 3.34. The Bertz CT molecular complexity index is 409. The summed E-state index contributed by atoms with van der Waals surface area (Å²) < 4.78 is 38.4. The van der Waals surface area contributed by atoms with Crippen LogP contribution in [0.5, 0.6) is 0 Å². The Morgan fingerprint density at radius 1 is 1.38 bits per heavy atom. The van der Waals surface area contributed by atoms with Crippen molar-refractivity contribution in [1.82, 2.24) is 0 Å². The van der Waals surface area contributed by atoms with Gasteiger partial charge in [0.15, 0.2) is 17.5 Å². The summed E-state index contributed by atoms with van der Waals surface area (Å²) in [4.78, 5) is 10.5. The van der Waals surface area contributed by atoms with Crippen LogP contribution in [0, 0.1) is 23.4 Å². The van der Waals surface area contributed by atoms with Crippen LogP contribution < -0.4 is 5.32 Å². The number of carboxylic acids is 1. The Morgan fingerprint density at radius 3 is 2.56 bits per heavy atom. The summed E-state index contributed by atoms with van der Waals surface area (Å²) in [6, 6.07) is 1.79. The number of rotatable bonds is 4. The quantitative estimate of drug-likeness (QED) is 0.784. The Labute approximate surface area is 89.9 Å². The molecule has 0 heterocycles. The molecule has 2 N–H and O–H groups in total. The molecule has 0 amide bonds. The van der Waals surface area contributed by atoms with Crippen LogP contribution in [0.1, 0.15) is 6.92 Å². The van der Waals surface area contributed by atoms with E-state index in [1.165, 1.54) is 6.92 Å². The third kappa shape index (κ3) is 2.65. The lowest BCUT2D eigenvalue weighted by atomic mass is 10.2. The highest BCUT2D eigenvalue weighted by molar-refractivity contribution is 5.70. The fourth-order valence-electron chi connectivity index (χ4n) is 1.01. The predicted octanol–water partition coefficient (Wildman–Crippen LogP) is 2.24. The molecule has 0 bridgehead atoms. The van der Waals surface area contributed by atoms with Crippen LogP contribution in [-0.2, 0) is 4.79 Å². The van der Waals surface area contributed by atoms with Crippen molar-refractivity contribution in [3.8, 4) is 0 Å². The fourth-order valence-corrected chi connectivity index (χ4v) is 1.01. The second-order valence-corrected chi connectivity index (χ2v) is 3.34. The molecular formula is C10H10F3NO2. The van der Waals surface area contributed by atoms with Gasteiger partial charge in [-0.15, -0.1) is 0 Å². The molecule has 16 heavy (non-hydrogen) atoms. The van der Waals surface area contributed by atoms with Gasteiger partial charge in [-0.2, -0.15) is 0 Å². The number of carboxylic acid groups (broad SMARTS) is 1. The summed E-state index contributed by atoms with van der Waals surface area (Å²) >= 11 is 0. The summed E-state index contributed by atoms with van der Waals surface area (Å²) in [5.74, 6) is -6.03. The number of hydrogen-bond acceptors (Lipinski definition) is 2. The molecule has 1 aromatic carbocycles. The van der Waals surface area contributed by atoms with E-state index >= 15 is 0 Å². The number of hydrogen-bond donors (Lipinski definition) is 2. The van der Waals surface area contributed by atoms with Crippen LogP contribution in [0.3, 0.4) is 0 Å². The van der Waals surface area contributed by atoms with Gasteiger partial charge in [0.1, 0.15) is 0 Å².